The molecule has 0 aliphatic heterocycles. The van der Waals surface area contributed by atoms with Gasteiger partial charge in [-0.1, -0.05) is 5.16 Å². The fourth-order valence-electron chi connectivity index (χ4n) is 1.78. The van der Waals surface area contributed by atoms with Crippen LogP contribution in [0.15, 0.2) is 9.42 Å². The third kappa shape index (κ3) is 2.71. The molecule has 1 aromatic rings. The molecule has 100 valence electrons. The average molecular weight is 271 g/mol. The van der Waals surface area contributed by atoms with Crippen LogP contribution in [-0.2, 0) is 10.0 Å². The second-order valence-corrected chi connectivity index (χ2v) is 6.10. The summed E-state index contributed by atoms with van der Waals surface area (Å²) in [5.41, 5.74) is 0.343. The lowest BCUT2D eigenvalue weighted by atomic mass is 10.3. The van der Waals surface area contributed by atoms with Gasteiger partial charge in [-0.05, 0) is 27.7 Å². The average Bonchev–Trinajstić information content (AvgIpc) is 2.58. The molecule has 0 aliphatic rings. The number of nitrogens with zero attached hydrogens (tertiary/aromatic N) is 3. The Morgan fingerprint density at radius 2 is 2.06 bits per heavy atom. The lowest BCUT2D eigenvalue weighted by Crippen LogP contribution is -2.38. The van der Waals surface area contributed by atoms with E-state index in [2.05, 4.69) is 5.16 Å². The molecular formula is C11H17N3O3S. The summed E-state index contributed by atoms with van der Waals surface area (Å²) >= 11 is 0. The smallest absolute Gasteiger partial charge is 0.248 e. The molecule has 0 aliphatic carbocycles. The summed E-state index contributed by atoms with van der Waals surface area (Å²) in [5, 5.41) is 12.3. The van der Waals surface area contributed by atoms with E-state index in [1.165, 1.54) is 4.31 Å². The predicted molar refractivity (Wildman–Crippen MR) is 65.2 cm³/mol. The molecule has 6 nitrogen and oxygen atoms in total. The maximum atomic E-state index is 12.5. The highest BCUT2D eigenvalue weighted by molar-refractivity contribution is 7.89. The minimum atomic E-state index is -3.66. The molecule has 18 heavy (non-hydrogen) atoms. The number of sulfonamides is 1. The SMILES string of the molecule is Cc1noc(C)c1S(=O)(=O)N(CCC#N)C(C)C. The van der Waals surface area contributed by atoms with Gasteiger partial charge in [-0.25, -0.2) is 8.42 Å². The minimum absolute atomic E-state index is 0.106. The molecule has 0 radical (unpaired) electrons. The van der Waals surface area contributed by atoms with Gasteiger partial charge in [-0.15, -0.1) is 0 Å². The molecule has 1 aromatic heterocycles. The van der Waals surface area contributed by atoms with Crippen LogP contribution in [0.2, 0.25) is 0 Å². The van der Waals surface area contributed by atoms with Crippen molar-refractivity contribution in [3.05, 3.63) is 11.5 Å². The van der Waals surface area contributed by atoms with Crippen LogP contribution in [0.25, 0.3) is 0 Å². The number of aryl methyl sites for hydroxylation is 2. The van der Waals surface area contributed by atoms with E-state index in [9.17, 15) is 8.42 Å². The molecule has 7 heteroatoms. The topological polar surface area (TPSA) is 87.2 Å². The van der Waals surface area contributed by atoms with Crippen molar-refractivity contribution in [2.45, 2.75) is 45.1 Å². The molecule has 0 aromatic carbocycles. The normalized spacial score (nSPS) is 12.1. The van der Waals surface area contributed by atoms with Crippen molar-refractivity contribution in [1.29, 1.82) is 5.26 Å². The number of hydrogen-bond donors (Lipinski definition) is 0. The largest absolute Gasteiger partial charge is 0.360 e. The van der Waals surface area contributed by atoms with Crippen molar-refractivity contribution in [3.8, 4) is 6.07 Å². The van der Waals surface area contributed by atoms with E-state index in [-0.39, 0.29) is 29.7 Å². The summed E-state index contributed by atoms with van der Waals surface area (Å²) in [5.74, 6) is 0.273. The Kier molecular flexibility index (Phi) is 4.48. The number of nitriles is 1. The van der Waals surface area contributed by atoms with Crippen LogP contribution in [-0.4, -0.2) is 30.5 Å². The van der Waals surface area contributed by atoms with Crippen molar-refractivity contribution >= 4 is 10.0 Å². The Morgan fingerprint density at radius 3 is 2.44 bits per heavy atom. The van der Waals surface area contributed by atoms with Crippen molar-refractivity contribution in [1.82, 2.24) is 9.46 Å². The van der Waals surface area contributed by atoms with Gasteiger partial charge in [0, 0.05) is 19.0 Å². The van der Waals surface area contributed by atoms with Gasteiger partial charge >= 0.3 is 0 Å². The molecule has 0 spiro atoms. The first-order chi connectivity index (χ1) is 8.32. The third-order valence-corrected chi connectivity index (χ3v) is 4.87. The Hall–Kier alpha value is -1.39. The highest BCUT2D eigenvalue weighted by atomic mass is 32.2. The zero-order valence-corrected chi connectivity index (χ0v) is 11.8. The van der Waals surface area contributed by atoms with Crippen LogP contribution in [0.4, 0.5) is 0 Å². The van der Waals surface area contributed by atoms with Crippen LogP contribution in [0.1, 0.15) is 31.7 Å². The molecule has 0 saturated carbocycles. The van der Waals surface area contributed by atoms with Crippen LogP contribution in [0, 0.1) is 25.2 Å². The van der Waals surface area contributed by atoms with Crippen molar-refractivity contribution in [3.63, 3.8) is 0 Å². The first kappa shape index (κ1) is 14.7. The lowest BCUT2D eigenvalue weighted by Gasteiger charge is -2.24. The monoisotopic (exact) mass is 271 g/mol. The number of hydrogen-bond acceptors (Lipinski definition) is 5. The van der Waals surface area contributed by atoms with Gasteiger partial charge < -0.3 is 4.52 Å². The second-order valence-electron chi connectivity index (χ2n) is 4.27. The van der Waals surface area contributed by atoms with Crippen LogP contribution in [0.5, 0.6) is 0 Å². The van der Waals surface area contributed by atoms with Crippen molar-refractivity contribution in [2.75, 3.05) is 6.54 Å². The first-order valence-electron chi connectivity index (χ1n) is 5.64. The Morgan fingerprint density at radius 1 is 1.44 bits per heavy atom. The maximum Gasteiger partial charge on any atom is 0.248 e. The van der Waals surface area contributed by atoms with E-state index in [0.717, 1.165) is 0 Å². The summed E-state index contributed by atoms with van der Waals surface area (Å²) in [6.07, 6.45) is 0.154. The standard InChI is InChI=1S/C11H17N3O3S/c1-8(2)14(7-5-6-12)18(15,16)11-9(3)13-17-10(11)4/h8H,5,7H2,1-4H3. The Labute approximate surface area is 107 Å². The Balaban J connectivity index is 3.23. The van der Waals surface area contributed by atoms with Gasteiger partial charge in [0.15, 0.2) is 5.76 Å². The summed E-state index contributed by atoms with van der Waals surface area (Å²) in [4.78, 5) is 0.106. The molecule has 0 bridgehead atoms. The molecule has 0 amide bonds. The first-order valence-corrected chi connectivity index (χ1v) is 7.08. The number of aromatic nitrogens is 1. The van der Waals surface area contributed by atoms with E-state index in [0.29, 0.717) is 5.69 Å². The quantitative estimate of drug-likeness (QED) is 0.811. The zero-order valence-electron chi connectivity index (χ0n) is 11.0. The van der Waals surface area contributed by atoms with Gasteiger partial charge in [0.25, 0.3) is 0 Å². The summed E-state index contributed by atoms with van der Waals surface area (Å²) in [6, 6.07) is 1.73. The number of rotatable bonds is 5. The third-order valence-electron chi connectivity index (χ3n) is 2.55. The molecular weight excluding hydrogens is 254 g/mol. The van der Waals surface area contributed by atoms with E-state index in [4.69, 9.17) is 9.78 Å². The molecule has 0 unspecified atom stereocenters. The Bertz CT molecular complexity index is 535. The second kappa shape index (κ2) is 5.50. The summed E-state index contributed by atoms with van der Waals surface area (Å²) in [6.45, 7) is 6.86. The van der Waals surface area contributed by atoms with Gasteiger partial charge in [0.05, 0.1) is 6.07 Å². The predicted octanol–water partition coefficient (Wildman–Crippen LogP) is 1.60. The van der Waals surface area contributed by atoms with Crippen LogP contribution >= 0.6 is 0 Å². The van der Waals surface area contributed by atoms with E-state index in [1.54, 1.807) is 27.7 Å². The zero-order chi connectivity index (χ0) is 13.9. The molecule has 0 saturated heterocycles. The fourth-order valence-corrected chi connectivity index (χ4v) is 3.71. The highest BCUT2D eigenvalue weighted by Crippen LogP contribution is 2.24. The van der Waals surface area contributed by atoms with Gasteiger partial charge in [0.1, 0.15) is 10.6 Å². The van der Waals surface area contributed by atoms with E-state index < -0.39 is 10.0 Å². The van der Waals surface area contributed by atoms with Crippen molar-refractivity contribution < 1.29 is 12.9 Å². The van der Waals surface area contributed by atoms with E-state index in [1.807, 2.05) is 6.07 Å². The van der Waals surface area contributed by atoms with Gasteiger partial charge in [-0.2, -0.15) is 9.57 Å². The fraction of sp³-hybridized carbons (Fsp3) is 0.636. The van der Waals surface area contributed by atoms with Gasteiger partial charge in [-0.3, -0.25) is 0 Å². The molecule has 0 N–H and O–H groups in total. The minimum Gasteiger partial charge on any atom is -0.360 e. The van der Waals surface area contributed by atoms with Crippen molar-refractivity contribution in [2.24, 2.45) is 0 Å². The highest BCUT2D eigenvalue weighted by Gasteiger charge is 2.32. The van der Waals surface area contributed by atoms with Gasteiger partial charge in [0.2, 0.25) is 10.0 Å². The lowest BCUT2D eigenvalue weighted by molar-refractivity contribution is 0.358. The maximum absolute atomic E-state index is 12.5. The molecule has 1 heterocycles. The molecule has 1 rings (SSSR count). The van der Waals surface area contributed by atoms with Crippen LogP contribution < -0.4 is 0 Å². The summed E-state index contributed by atoms with van der Waals surface area (Å²) in [7, 11) is -3.66. The molecule has 0 fully saturated rings. The van der Waals surface area contributed by atoms with E-state index >= 15 is 0 Å². The summed E-state index contributed by atoms with van der Waals surface area (Å²) < 4.78 is 31.2. The molecule has 0 atom stereocenters. The van der Waals surface area contributed by atoms with Crippen LogP contribution in [0.3, 0.4) is 0 Å².